The number of carbonyl (C=O) groups excluding carboxylic acids is 1. The number of benzene rings is 1. The molecule has 1 amide bonds. The summed E-state index contributed by atoms with van der Waals surface area (Å²) in [5, 5.41) is 12.2. The largest absolute Gasteiger partial charge is 0.325 e. The molecule has 1 aromatic heterocycles. The Balaban J connectivity index is 1.66. The van der Waals surface area contributed by atoms with Gasteiger partial charge >= 0.3 is 0 Å². The molecule has 0 bridgehead atoms. The van der Waals surface area contributed by atoms with E-state index in [0.29, 0.717) is 10.7 Å². The lowest BCUT2D eigenvalue weighted by Gasteiger charge is -2.11. The number of halogens is 1. The number of nitrogens with one attached hydrogen (secondary N) is 1. The zero-order valence-corrected chi connectivity index (χ0v) is 13.6. The van der Waals surface area contributed by atoms with Gasteiger partial charge in [0.25, 0.3) is 0 Å². The Morgan fingerprint density at radius 3 is 2.91 bits per heavy atom. The third kappa shape index (κ3) is 2.98. The first-order valence-electron chi connectivity index (χ1n) is 8.25. The Labute approximate surface area is 140 Å². The number of carbonyl (C=O) groups is 1. The Hall–Kier alpha value is -1.88. The molecular weight excluding hydrogens is 312 g/mol. The second kappa shape index (κ2) is 5.96. The number of anilines is 1. The number of nitrogens with zero attached hydrogens (tertiary/aromatic N) is 3. The van der Waals surface area contributed by atoms with Crippen LogP contribution in [-0.2, 0) is 17.8 Å². The highest BCUT2D eigenvalue weighted by atomic mass is 35.5. The molecule has 0 radical (unpaired) electrons. The van der Waals surface area contributed by atoms with E-state index < -0.39 is 0 Å². The molecule has 1 aromatic carbocycles. The molecule has 120 valence electrons. The second-order valence-corrected chi connectivity index (χ2v) is 6.77. The molecule has 5 nitrogen and oxygen atoms in total. The molecule has 0 spiro atoms. The van der Waals surface area contributed by atoms with Crippen molar-refractivity contribution in [1.29, 1.82) is 0 Å². The van der Waals surface area contributed by atoms with Gasteiger partial charge in [0.1, 0.15) is 5.82 Å². The van der Waals surface area contributed by atoms with Crippen molar-refractivity contribution in [3.63, 3.8) is 0 Å². The topological polar surface area (TPSA) is 59.8 Å². The molecule has 6 heteroatoms. The van der Waals surface area contributed by atoms with Crippen LogP contribution < -0.4 is 5.32 Å². The fourth-order valence-corrected chi connectivity index (χ4v) is 3.20. The number of aryl methyl sites for hydroxylation is 1. The van der Waals surface area contributed by atoms with E-state index in [1.54, 1.807) is 0 Å². The lowest BCUT2D eigenvalue weighted by atomic mass is 10.1. The number of fused-ring (bicyclic) bond motifs is 1. The van der Waals surface area contributed by atoms with E-state index >= 15 is 0 Å². The van der Waals surface area contributed by atoms with Gasteiger partial charge < -0.3 is 9.88 Å². The van der Waals surface area contributed by atoms with E-state index in [1.165, 1.54) is 12.8 Å². The van der Waals surface area contributed by atoms with Crippen LogP contribution >= 0.6 is 11.6 Å². The number of hydrogen-bond donors (Lipinski definition) is 1. The molecule has 1 fully saturated rings. The van der Waals surface area contributed by atoms with Gasteiger partial charge in [0, 0.05) is 24.4 Å². The summed E-state index contributed by atoms with van der Waals surface area (Å²) in [5.41, 5.74) is 1.60. The Morgan fingerprint density at radius 1 is 1.22 bits per heavy atom. The van der Waals surface area contributed by atoms with E-state index in [1.807, 2.05) is 18.2 Å². The SMILES string of the molecule is O=C(Nc1cc(-c2nnc3n2CCCCC3)ccc1Cl)C1CC1. The predicted molar refractivity (Wildman–Crippen MR) is 89.4 cm³/mol. The van der Waals surface area contributed by atoms with Crippen LogP contribution in [0.4, 0.5) is 5.69 Å². The summed E-state index contributed by atoms with van der Waals surface area (Å²) >= 11 is 6.24. The summed E-state index contributed by atoms with van der Waals surface area (Å²) in [5.74, 6) is 2.12. The zero-order valence-electron chi connectivity index (χ0n) is 12.9. The summed E-state index contributed by atoms with van der Waals surface area (Å²) in [6, 6.07) is 5.67. The van der Waals surface area contributed by atoms with Crippen LogP contribution in [-0.4, -0.2) is 20.7 Å². The third-order valence-corrected chi connectivity index (χ3v) is 4.87. The Kier molecular flexibility index (Phi) is 3.81. The summed E-state index contributed by atoms with van der Waals surface area (Å²) in [6.07, 6.45) is 6.47. The predicted octanol–water partition coefficient (Wildman–Crippen LogP) is 3.67. The van der Waals surface area contributed by atoms with Crippen molar-refractivity contribution in [2.24, 2.45) is 5.92 Å². The summed E-state index contributed by atoms with van der Waals surface area (Å²) in [4.78, 5) is 12.0. The van der Waals surface area contributed by atoms with Crippen molar-refractivity contribution < 1.29 is 4.79 Å². The van der Waals surface area contributed by atoms with Gasteiger partial charge in [-0.2, -0.15) is 0 Å². The fraction of sp³-hybridized carbons (Fsp3) is 0.471. The number of amides is 1. The van der Waals surface area contributed by atoms with Gasteiger partial charge in [-0.3, -0.25) is 4.79 Å². The molecule has 0 saturated heterocycles. The fourth-order valence-electron chi connectivity index (χ4n) is 3.04. The Bertz CT molecular complexity index is 751. The maximum absolute atomic E-state index is 12.0. The second-order valence-electron chi connectivity index (χ2n) is 6.36. The molecule has 1 saturated carbocycles. The van der Waals surface area contributed by atoms with Crippen molar-refractivity contribution in [1.82, 2.24) is 14.8 Å². The van der Waals surface area contributed by atoms with E-state index in [0.717, 1.165) is 49.4 Å². The van der Waals surface area contributed by atoms with Crippen molar-refractivity contribution in [3.05, 3.63) is 29.0 Å². The first-order valence-corrected chi connectivity index (χ1v) is 8.63. The smallest absolute Gasteiger partial charge is 0.227 e. The van der Waals surface area contributed by atoms with Crippen LogP contribution in [0.5, 0.6) is 0 Å². The standard InChI is InChI=1S/C17H19ClN4O/c18-13-8-7-12(10-14(13)19-17(23)11-5-6-11)16-21-20-15-4-2-1-3-9-22(15)16/h7-8,10-11H,1-6,9H2,(H,19,23). The molecule has 0 unspecified atom stereocenters. The minimum atomic E-state index is 0.0594. The molecule has 2 aliphatic rings. The molecule has 1 aliphatic carbocycles. The zero-order chi connectivity index (χ0) is 15.8. The van der Waals surface area contributed by atoms with E-state index in [9.17, 15) is 4.79 Å². The maximum Gasteiger partial charge on any atom is 0.227 e. The molecule has 2 aromatic rings. The minimum absolute atomic E-state index is 0.0594. The van der Waals surface area contributed by atoms with Crippen molar-refractivity contribution >= 4 is 23.2 Å². The minimum Gasteiger partial charge on any atom is -0.325 e. The van der Waals surface area contributed by atoms with Gasteiger partial charge in [0.05, 0.1) is 10.7 Å². The first-order chi connectivity index (χ1) is 11.2. The average molecular weight is 331 g/mol. The molecular formula is C17H19ClN4O. The molecule has 0 atom stereocenters. The number of rotatable bonds is 3. The summed E-state index contributed by atoms with van der Waals surface area (Å²) in [6.45, 7) is 0.948. The maximum atomic E-state index is 12.0. The molecule has 1 aliphatic heterocycles. The van der Waals surface area contributed by atoms with Gasteiger partial charge in [-0.05, 0) is 43.9 Å². The first kappa shape index (κ1) is 14.7. The number of aromatic nitrogens is 3. The summed E-state index contributed by atoms with van der Waals surface area (Å²) < 4.78 is 2.20. The highest BCUT2D eigenvalue weighted by Gasteiger charge is 2.30. The van der Waals surface area contributed by atoms with Crippen LogP contribution in [0, 0.1) is 5.92 Å². The molecule has 1 N–H and O–H groups in total. The molecule has 23 heavy (non-hydrogen) atoms. The van der Waals surface area contributed by atoms with Gasteiger partial charge in [-0.15, -0.1) is 10.2 Å². The normalized spacial score (nSPS) is 17.4. The number of hydrogen-bond acceptors (Lipinski definition) is 3. The lowest BCUT2D eigenvalue weighted by molar-refractivity contribution is -0.117. The summed E-state index contributed by atoms with van der Waals surface area (Å²) in [7, 11) is 0. The van der Waals surface area contributed by atoms with Crippen molar-refractivity contribution in [2.75, 3.05) is 5.32 Å². The van der Waals surface area contributed by atoms with Crippen molar-refractivity contribution in [2.45, 2.75) is 45.1 Å². The monoisotopic (exact) mass is 330 g/mol. The van der Waals surface area contributed by atoms with Crippen LogP contribution in [0.1, 0.15) is 37.9 Å². The van der Waals surface area contributed by atoms with Gasteiger partial charge in [-0.1, -0.05) is 18.0 Å². The lowest BCUT2D eigenvalue weighted by Crippen LogP contribution is -2.13. The third-order valence-electron chi connectivity index (χ3n) is 4.54. The quantitative estimate of drug-likeness (QED) is 0.934. The van der Waals surface area contributed by atoms with Crippen LogP contribution in [0.3, 0.4) is 0 Å². The van der Waals surface area contributed by atoms with Crippen LogP contribution in [0.15, 0.2) is 18.2 Å². The van der Waals surface area contributed by atoms with E-state index in [-0.39, 0.29) is 11.8 Å². The van der Waals surface area contributed by atoms with Crippen LogP contribution in [0.25, 0.3) is 11.4 Å². The van der Waals surface area contributed by atoms with E-state index in [2.05, 4.69) is 20.1 Å². The van der Waals surface area contributed by atoms with Gasteiger partial charge in [0.15, 0.2) is 5.82 Å². The van der Waals surface area contributed by atoms with Gasteiger partial charge in [0.2, 0.25) is 5.91 Å². The average Bonchev–Trinajstić information content (AvgIpc) is 3.35. The molecule has 2 heterocycles. The van der Waals surface area contributed by atoms with Gasteiger partial charge in [-0.25, -0.2) is 0 Å². The van der Waals surface area contributed by atoms with E-state index in [4.69, 9.17) is 11.6 Å². The van der Waals surface area contributed by atoms with Crippen LogP contribution in [0.2, 0.25) is 5.02 Å². The van der Waals surface area contributed by atoms with Crippen molar-refractivity contribution in [3.8, 4) is 11.4 Å². The Morgan fingerprint density at radius 2 is 2.09 bits per heavy atom. The highest BCUT2D eigenvalue weighted by molar-refractivity contribution is 6.33. The molecule has 4 rings (SSSR count). The highest BCUT2D eigenvalue weighted by Crippen LogP contribution is 2.33.